The van der Waals surface area contributed by atoms with Crippen LogP contribution in [0.3, 0.4) is 0 Å². The van der Waals surface area contributed by atoms with Crippen molar-refractivity contribution in [2.45, 2.75) is 0 Å². The number of nitrogens with zero attached hydrogens (tertiary/aromatic N) is 2. The first kappa shape index (κ1) is 11.9. The molecule has 0 saturated carbocycles. The zero-order chi connectivity index (χ0) is 13.4. The van der Waals surface area contributed by atoms with E-state index in [4.69, 9.17) is 11.6 Å². The molecule has 0 aliphatic carbocycles. The normalized spacial score (nSPS) is 10.8. The second-order valence-electron chi connectivity index (χ2n) is 4.03. The summed E-state index contributed by atoms with van der Waals surface area (Å²) in [6, 6.07) is 12.7. The van der Waals surface area contributed by atoms with E-state index in [1.54, 1.807) is 24.3 Å². The zero-order valence-electron chi connectivity index (χ0n) is 9.68. The van der Waals surface area contributed by atoms with E-state index in [1.165, 1.54) is 22.9 Å². The summed E-state index contributed by atoms with van der Waals surface area (Å²) in [6.45, 7) is 0. The molecule has 3 nitrogen and oxygen atoms in total. The Bertz CT molecular complexity index is 815. The molecule has 3 rings (SSSR count). The van der Waals surface area contributed by atoms with Crippen LogP contribution in [0.25, 0.3) is 16.5 Å². The average molecular weight is 275 g/mol. The van der Waals surface area contributed by atoms with Crippen LogP contribution in [0.5, 0.6) is 0 Å². The summed E-state index contributed by atoms with van der Waals surface area (Å²) in [5.41, 5.74) is 0.186. The molecule has 0 bridgehead atoms. The first-order valence-corrected chi connectivity index (χ1v) is 5.98. The standard InChI is InChI=1S/C14H8ClFN2O/c15-13-11-7-6-9(16)8-12(11)14(19)18(17-13)10-4-2-1-3-5-10/h1-8H. The van der Waals surface area contributed by atoms with Crippen molar-refractivity contribution in [3.8, 4) is 5.69 Å². The van der Waals surface area contributed by atoms with Crippen LogP contribution in [0.15, 0.2) is 53.3 Å². The van der Waals surface area contributed by atoms with E-state index in [0.29, 0.717) is 11.1 Å². The number of rotatable bonds is 1. The molecule has 0 amide bonds. The molecule has 5 heteroatoms. The molecular weight excluding hydrogens is 267 g/mol. The number of halogens is 2. The largest absolute Gasteiger partial charge is 0.279 e. The maximum Gasteiger partial charge on any atom is 0.279 e. The number of hydrogen-bond acceptors (Lipinski definition) is 2. The summed E-state index contributed by atoms with van der Waals surface area (Å²) >= 11 is 6.04. The highest BCUT2D eigenvalue weighted by Crippen LogP contribution is 2.20. The van der Waals surface area contributed by atoms with Crippen LogP contribution in [0.4, 0.5) is 4.39 Å². The van der Waals surface area contributed by atoms with Crippen molar-refractivity contribution in [1.29, 1.82) is 0 Å². The molecule has 1 aromatic heterocycles. The molecule has 0 radical (unpaired) electrons. The predicted molar refractivity (Wildman–Crippen MR) is 72.3 cm³/mol. The topological polar surface area (TPSA) is 34.9 Å². The summed E-state index contributed by atoms with van der Waals surface area (Å²) < 4.78 is 14.4. The van der Waals surface area contributed by atoms with Crippen LogP contribution >= 0.6 is 11.6 Å². The predicted octanol–water partition coefficient (Wildman–Crippen LogP) is 3.18. The number of benzene rings is 2. The van der Waals surface area contributed by atoms with Crippen molar-refractivity contribution in [2.75, 3.05) is 0 Å². The Balaban J connectivity index is 2.40. The molecule has 3 aromatic rings. The van der Waals surface area contributed by atoms with Gasteiger partial charge in [0.2, 0.25) is 0 Å². The number of fused-ring (bicyclic) bond motifs is 1. The van der Waals surface area contributed by atoms with Crippen molar-refractivity contribution in [1.82, 2.24) is 9.78 Å². The van der Waals surface area contributed by atoms with Gasteiger partial charge in [-0.05, 0) is 30.3 Å². The molecule has 0 aliphatic heterocycles. The first-order chi connectivity index (χ1) is 9.16. The number of hydrogen-bond donors (Lipinski definition) is 0. The lowest BCUT2D eigenvalue weighted by Crippen LogP contribution is -2.21. The lowest BCUT2D eigenvalue weighted by atomic mass is 10.2. The number of para-hydroxylation sites is 1. The highest BCUT2D eigenvalue weighted by molar-refractivity contribution is 6.34. The van der Waals surface area contributed by atoms with Gasteiger partial charge in [-0.3, -0.25) is 4.79 Å². The second kappa shape index (κ2) is 4.48. The van der Waals surface area contributed by atoms with E-state index in [9.17, 15) is 9.18 Å². The molecule has 1 heterocycles. The molecule has 0 unspecified atom stereocenters. The van der Waals surface area contributed by atoms with Gasteiger partial charge >= 0.3 is 0 Å². The summed E-state index contributed by atoms with van der Waals surface area (Å²) in [7, 11) is 0. The molecule has 19 heavy (non-hydrogen) atoms. The number of aromatic nitrogens is 2. The monoisotopic (exact) mass is 274 g/mol. The van der Waals surface area contributed by atoms with Crippen molar-refractivity contribution < 1.29 is 4.39 Å². The van der Waals surface area contributed by atoms with Crippen LogP contribution in [0.1, 0.15) is 0 Å². The van der Waals surface area contributed by atoms with Crippen LogP contribution in [-0.2, 0) is 0 Å². The Morgan fingerprint density at radius 2 is 1.79 bits per heavy atom. The second-order valence-corrected chi connectivity index (χ2v) is 4.39. The Kier molecular flexibility index (Phi) is 2.80. The molecule has 0 spiro atoms. The highest BCUT2D eigenvalue weighted by atomic mass is 35.5. The van der Waals surface area contributed by atoms with Crippen LogP contribution < -0.4 is 5.56 Å². The quantitative estimate of drug-likeness (QED) is 0.683. The van der Waals surface area contributed by atoms with Gasteiger partial charge < -0.3 is 0 Å². The van der Waals surface area contributed by atoms with Crippen LogP contribution in [0.2, 0.25) is 5.15 Å². The minimum atomic E-state index is -0.480. The molecular formula is C14H8ClFN2O. The molecule has 0 aliphatic rings. The van der Waals surface area contributed by atoms with Crippen molar-refractivity contribution in [3.63, 3.8) is 0 Å². The van der Waals surface area contributed by atoms with Gasteiger partial charge in [-0.15, -0.1) is 0 Å². The van der Waals surface area contributed by atoms with E-state index in [2.05, 4.69) is 5.10 Å². The van der Waals surface area contributed by atoms with Gasteiger partial charge in [-0.25, -0.2) is 4.39 Å². The van der Waals surface area contributed by atoms with Gasteiger partial charge in [0.15, 0.2) is 5.15 Å². The van der Waals surface area contributed by atoms with E-state index in [-0.39, 0.29) is 10.5 Å². The van der Waals surface area contributed by atoms with Gasteiger partial charge in [-0.2, -0.15) is 9.78 Å². The lowest BCUT2D eigenvalue weighted by Gasteiger charge is -2.07. The first-order valence-electron chi connectivity index (χ1n) is 5.60. The van der Waals surface area contributed by atoms with Gasteiger partial charge in [0, 0.05) is 5.39 Å². The summed E-state index contributed by atoms with van der Waals surface area (Å²) in [5.74, 6) is -0.480. The lowest BCUT2D eigenvalue weighted by molar-refractivity contribution is 0.629. The summed E-state index contributed by atoms with van der Waals surface area (Å²) in [6.07, 6.45) is 0. The zero-order valence-corrected chi connectivity index (χ0v) is 10.4. The third-order valence-corrected chi connectivity index (χ3v) is 3.09. The van der Waals surface area contributed by atoms with Gasteiger partial charge in [0.1, 0.15) is 5.82 Å². The van der Waals surface area contributed by atoms with E-state index in [0.717, 1.165) is 0 Å². The Morgan fingerprint density at radius 3 is 2.53 bits per heavy atom. The molecule has 0 N–H and O–H groups in total. The van der Waals surface area contributed by atoms with Crippen LogP contribution in [0, 0.1) is 5.82 Å². The van der Waals surface area contributed by atoms with Crippen molar-refractivity contribution in [2.24, 2.45) is 0 Å². The molecule has 0 atom stereocenters. The fraction of sp³-hybridized carbons (Fsp3) is 0. The van der Waals surface area contributed by atoms with Crippen molar-refractivity contribution >= 4 is 22.4 Å². The maximum atomic E-state index is 13.3. The molecule has 0 saturated heterocycles. The third kappa shape index (κ3) is 2.00. The molecule has 94 valence electrons. The Morgan fingerprint density at radius 1 is 1.05 bits per heavy atom. The molecule has 0 fully saturated rings. The van der Waals surface area contributed by atoms with Gasteiger partial charge in [0.25, 0.3) is 5.56 Å². The van der Waals surface area contributed by atoms with Crippen LogP contribution in [-0.4, -0.2) is 9.78 Å². The molecule has 2 aromatic carbocycles. The van der Waals surface area contributed by atoms with Gasteiger partial charge in [0.05, 0.1) is 11.1 Å². The van der Waals surface area contributed by atoms with E-state index in [1.807, 2.05) is 6.07 Å². The minimum Gasteiger partial charge on any atom is -0.267 e. The van der Waals surface area contributed by atoms with E-state index >= 15 is 0 Å². The summed E-state index contributed by atoms with van der Waals surface area (Å²) in [4.78, 5) is 12.3. The average Bonchev–Trinajstić information content (AvgIpc) is 2.43. The Hall–Kier alpha value is -2.20. The summed E-state index contributed by atoms with van der Waals surface area (Å²) in [5, 5.41) is 4.87. The third-order valence-electron chi connectivity index (χ3n) is 2.82. The minimum absolute atomic E-state index is 0.165. The smallest absolute Gasteiger partial charge is 0.267 e. The van der Waals surface area contributed by atoms with E-state index < -0.39 is 11.4 Å². The fourth-order valence-electron chi connectivity index (χ4n) is 1.92. The highest BCUT2D eigenvalue weighted by Gasteiger charge is 2.11. The van der Waals surface area contributed by atoms with Crippen molar-refractivity contribution in [3.05, 3.63) is 69.9 Å². The van der Waals surface area contributed by atoms with Gasteiger partial charge in [-0.1, -0.05) is 29.8 Å². The Labute approximate surface area is 112 Å². The SMILES string of the molecule is O=c1c2cc(F)ccc2c(Cl)nn1-c1ccccc1. The maximum absolute atomic E-state index is 13.3. The fourth-order valence-corrected chi connectivity index (χ4v) is 2.16.